The lowest BCUT2D eigenvalue weighted by molar-refractivity contribution is -0.141. The molecule has 8 heteroatoms. The van der Waals surface area contributed by atoms with Gasteiger partial charge in [0.1, 0.15) is 0 Å². The highest BCUT2D eigenvalue weighted by atomic mass is 19.4. The highest BCUT2D eigenvalue weighted by Gasteiger charge is 2.34. The van der Waals surface area contributed by atoms with Crippen LogP contribution in [0.25, 0.3) is 0 Å². The van der Waals surface area contributed by atoms with Crippen LogP contribution in [0.5, 0.6) is 5.88 Å². The normalized spacial score (nSPS) is 13.3. The molecule has 0 aliphatic carbocycles. The van der Waals surface area contributed by atoms with E-state index < -0.39 is 11.9 Å². The molecule has 5 nitrogen and oxygen atoms in total. The zero-order chi connectivity index (χ0) is 13.1. The SMILES string of the molecule is CCC(C)Oc1cc(C(F)(F)F)nc(NN)n1. The number of halogens is 3. The average molecular weight is 250 g/mol. The summed E-state index contributed by atoms with van der Waals surface area (Å²) in [6, 6.07) is 0.743. The molecule has 0 spiro atoms. The van der Waals surface area contributed by atoms with Crippen LogP contribution >= 0.6 is 0 Å². The summed E-state index contributed by atoms with van der Waals surface area (Å²) in [5.74, 6) is 4.50. The van der Waals surface area contributed by atoms with Crippen molar-refractivity contribution in [2.24, 2.45) is 5.84 Å². The number of nitrogens with zero attached hydrogens (tertiary/aromatic N) is 2. The summed E-state index contributed by atoms with van der Waals surface area (Å²) >= 11 is 0. The van der Waals surface area contributed by atoms with Crippen molar-refractivity contribution in [3.05, 3.63) is 11.8 Å². The summed E-state index contributed by atoms with van der Waals surface area (Å²) in [4.78, 5) is 6.89. The first-order valence-corrected chi connectivity index (χ1v) is 4.96. The van der Waals surface area contributed by atoms with E-state index in [9.17, 15) is 13.2 Å². The first-order chi connectivity index (χ1) is 7.86. The van der Waals surface area contributed by atoms with Gasteiger partial charge in [-0.2, -0.15) is 18.2 Å². The van der Waals surface area contributed by atoms with Gasteiger partial charge in [0.05, 0.1) is 6.10 Å². The Morgan fingerprint density at radius 3 is 2.59 bits per heavy atom. The molecule has 0 fully saturated rings. The van der Waals surface area contributed by atoms with Gasteiger partial charge in [0.2, 0.25) is 11.8 Å². The summed E-state index contributed by atoms with van der Waals surface area (Å²) in [5, 5.41) is 0. The smallest absolute Gasteiger partial charge is 0.433 e. The maximum atomic E-state index is 12.5. The van der Waals surface area contributed by atoms with E-state index in [1.54, 1.807) is 6.92 Å². The zero-order valence-corrected chi connectivity index (χ0v) is 9.38. The van der Waals surface area contributed by atoms with Gasteiger partial charge in [-0.3, -0.25) is 5.43 Å². The Morgan fingerprint density at radius 1 is 1.47 bits per heavy atom. The predicted molar refractivity (Wildman–Crippen MR) is 55.2 cm³/mol. The average Bonchev–Trinajstić information content (AvgIpc) is 2.27. The number of hydrogen-bond donors (Lipinski definition) is 2. The van der Waals surface area contributed by atoms with Gasteiger partial charge >= 0.3 is 6.18 Å². The first kappa shape index (κ1) is 13.5. The molecule has 1 aromatic rings. The van der Waals surface area contributed by atoms with Gasteiger partial charge < -0.3 is 4.74 Å². The Balaban J connectivity index is 3.05. The number of ether oxygens (including phenoxy) is 1. The summed E-state index contributed by atoms with van der Waals surface area (Å²) in [6.07, 6.45) is -4.16. The maximum absolute atomic E-state index is 12.5. The van der Waals surface area contributed by atoms with Crippen LogP contribution in [0.15, 0.2) is 6.07 Å². The molecule has 3 N–H and O–H groups in total. The van der Waals surface area contributed by atoms with Gasteiger partial charge in [0, 0.05) is 6.07 Å². The van der Waals surface area contributed by atoms with Gasteiger partial charge in [0.25, 0.3) is 0 Å². The van der Waals surface area contributed by atoms with Crippen LogP contribution in [0.2, 0.25) is 0 Å². The van der Waals surface area contributed by atoms with Crippen molar-refractivity contribution >= 4 is 5.95 Å². The monoisotopic (exact) mass is 250 g/mol. The number of hydrogen-bond acceptors (Lipinski definition) is 5. The summed E-state index contributed by atoms with van der Waals surface area (Å²) in [6.45, 7) is 3.57. The molecule has 17 heavy (non-hydrogen) atoms. The Labute approximate surface area is 96.2 Å². The van der Waals surface area contributed by atoms with Crippen molar-refractivity contribution in [2.45, 2.75) is 32.5 Å². The topological polar surface area (TPSA) is 73.1 Å². The van der Waals surface area contributed by atoms with E-state index in [-0.39, 0.29) is 17.9 Å². The molecule has 1 atom stereocenters. The summed E-state index contributed by atoms with van der Waals surface area (Å²) in [5.41, 5.74) is 0.871. The minimum Gasteiger partial charge on any atom is -0.475 e. The van der Waals surface area contributed by atoms with E-state index in [4.69, 9.17) is 10.6 Å². The lowest BCUT2D eigenvalue weighted by atomic mass is 10.3. The first-order valence-electron chi connectivity index (χ1n) is 4.96. The second kappa shape index (κ2) is 5.17. The quantitative estimate of drug-likeness (QED) is 0.631. The summed E-state index contributed by atoms with van der Waals surface area (Å²) < 4.78 is 42.7. The lowest BCUT2D eigenvalue weighted by Crippen LogP contribution is -2.18. The summed E-state index contributed by atoms with van der Waals surface area (Å²) in [7, 11) is 0. The van der Waals surface area contributed by atoms with Gasteiger partial charge in [-0.1, -0.05) is 6.92 Å². The molecule has 0 bridgehead atoms. The molecule has 96 valence electrons. The molecule has 0 aliphatic rings. The second-order valence-corrected chi connectivity index (χ2v) is 3.39. The molecule has 0 saturated heterocycles. The van der Waals surface area contributed by atoms with E-state index >= 15 is 0 Å². The molecule has 0 aromatic carbocycles. The number of nitrogen functional groups attached to an aromatic ring is 1. The van der Waals surface area contributed by atoms with E-state index in [1.165, 1.54) is 0 Å². The molecular weight excluding hydrogens is 237 g/mol. The zero-order valence-electron chi connectivity index (χ0n) is 9.38. The third kappa shape index (κ3) is 3.74. The number of nitrogens with one attached hydrogen (secondary N) is 1. The van der Waals surface area contributed by atoms with Crippen LogP contribution in [0.4, 0.5) is 19.1 Å². The highest BCUT2D eigenvalue weighted by Crippen LogP contribution is 2.30. The van der Waals surface area contributed by atoms with Crippen LogP contribution in [0.1, 0.15) is 26.0 Å². The molecule has 0 radical (unpaired) electrons. The predicted octanol–water partition coefficient (Wildman–Crippen LogP) is 1.96. The van der Waals surface area contributed by atoms with Crippen LogP contribution < -0.4 is 16.0 Å². The van der Waals surface area contributed by atoms with Gasteiger partial charge in [-0.05, 0) is 13.3 Å². The minimum absolute atomic E-state index is 0.158. The molecule has 0 amide bonds. The van der Waals surface area contributed by atoms with Crippen molar-refractivity contribution < 1.29 is 17.9 Å². The molecule has 0 aliphatic heterocycles. The second-order valence-electron chi connectivity index (χ2n) is 3.39. The Hall–Kier alpha value is -1.57. The molecule has 1 aromatic heterocycles. The van der Waals surface area contributed by atoms with Gasteiger partial charge in [-0.15, -0.1) is 0 Å². The Morgan fingerprint density at radius 2 is 2.12 bits per heavy atom. The van der Waals surface area contributed by atoms with Gasteiger partial charge in [0.15, 0.2) is 5.69 Å². The van der Waals surface area contributed by atoms with E-state index in [2.05, 4.69) is 9.97 Å². The Bertz CT molecular complexity index is 383. The van der Waals surface area contributed by atoms with Crippen molar-refractivity contribution in [3.8, 4) is 5.88 Å². The van der Waals surface area contributed by atoms with Crippen molar-refractivity contribution in [1.82, 2.24) is 9.97 Å². The van der Waals surface area contributed by atoms with Gasteiger partial charge in [-0.25, -0.2) is 10.8 Å². The molecule has 1 rings (SSSR count). The standard InChI is InChI=1S/C9H13F3N4O/c1-3-5(2)17-7-4-6(9(10,11)12)14-8(15-7)16-13/h4-5H,3,13H2,1-2H3,(H,14,15,16). The Kier molecular flexibility index (Phi) is 4.11. The van der Waals surface area contributed by atoms with Crippen LogP contribution in [0, 0.1) is 0 Å². The molecule has 1 heterocycles. The van der Waals surface area contributed by atoms with Crippen molar-refractivity contribution in [3.63, 3.8) is 0 Å². The number of aromatic nitrogens is 2. The van der Waals surface area contributed by atoms with Crippen LogP contribution in [-0.4, -0.2) is 16.1 Å². The van der Waals surface area contributed by atoms with Crippen molar-refractivity contribution in [1.29, 1.82) is 0 Å². The largest absolute Gasteiger partial charge is 0.475 e. The number of hydrazine groups is 1. The third-order valence-corrected chi connectivity index (χ3v) is 2.02. The van der Waals surface area contributed by atoms with Crippen molar-refractivity contribution in [2.75, 3.05) is 5.43 Å². The fourth-order valence-electron chi connectivity index (χ4n) is 0.985. The highest BCUT2D eigenvalue weighted by molar-refractivity contribution is 5.30. The number of alkyl halides is 3. The molecular formula is C9H13F3N4O. The number of rotatable bonds is 4. The third-order valence-electron chi connectivity index (χ3n) is 2.02. The lowest BCUT2D eigenvalue weighted by Gasteiger charge is -2.14. The fraction of sp³-hybridized carbons (Fsp3) is 0.556. The number of nitrogens with two attached hydrogens (primary N) is 1. The van der Waals surface area contributed by atoms with Crippen LogP contribution in [-0.2, 0) is 6.18 Å². The minimum atomic E-state index is -4.57. The number of anilines is 1. The van der Waals surface area contributed by atoms with Crippen LogP contribution in [0.3, 0.4) is 0 Å². The fourth-order valence-corrected chi connectivity index (χ4v) is 0.985. The maximum Gasteiger partial charge on any atom is 0.433 e. The van der Waals surface area contributed by atoms with E-state index in [1.807, 2.05) is 12.3 Å². The molecule has 0 saturated carbocycles. The van der Waals surface area contributed by atoms with E-state index in [0.717, 1.165) is 6.07 Å². The van der Waals surface area contributed by atoms with E-state index in [0.29, 0.717) is 6.42 Å². The molecule has 1 unspecified atom stereocenters.